The average molecular weight is 788 g/mol. The van der Waals surface area contributed by atoms with Crippen LogP contribution in [-0.4, -0.2) is 51.7 Å². The Morgan fingerprint density at radius 2 is 1.05 bits per heavy atom. The number of carbonyl (C=O) groups excluding carboxylic acids is 3. The second-order valence-electron chi connectivity index (χ2n) is 14.2. The number of hydrogen-bond acceptors (Lipinski definition) is 7. The molecule has 2 aromatic heterocycles. The molecular formula is C49H49N5O5. The van der Waals surface area contributed by atoms with Crippen molar-refractivity contribution in [2.75, 3.05) is 22.9 Å². The van der Waals surface area contributed by atoms with E-state index < -0.39 is 5.97 Å². The fraction of sp³-hybridized carbons (Fsp3) is 0.224. The number of benzene rings is 4. The SMILES string of the molecule is CCC(=O)N1CCc2cc(-c3ccc(C(=O)CCc4ccccn4)cc3)ccc21.CCC(=O)N1CCc2cc(-c3ccc(C(=O)O)cc3)ccc21.NCc1ccccn1. The number of rotatable bonds is 10. The van der Waals surface area contributed by atoms with E-state index in [9.17, 15) is 19.2 Å². The summed E-state index contributed by atoms with van der Waals surface area (Å²) in [6.07, 6.45) is 7.39. The summed E-state index contributed by atoms with van der Waals surface area (Å²) in [6, 6.07) is 38.4. The van der Waals surface area contributed by atoms with Crippen molar-refractivity contribution in [2.45, 2.75) is 58.9 Å². The maximum absolute atomic E-state index is 12.5. The summed E-state index contributed by atoms with van der Waals surface area (Å²) in [4.78, 5) is 59.3. The summed E-state index contributed by atoms with van der Waals surface area (Å²) in [5, 5.41) is 8.94. The van der Waals surface area contributed by atoms with Crippen molar-refractivity contribution >= 4 is 34.9 Å². The van der Waals surface area contributed by atoms with Gasteiger partial charge in [0.25, 0.3) is 0 Å². The molecule has 0 bridgehead atoms. The van der Waals surface area contributed by atoms with Crippen LogP contribution in [-0.2, 0) is 35.4 Å². The molecule has 0 unspecified atom stereocenters. The Labute approximate surface area is 345 Å². The molecule has 10 heteroatoms. The third-order valence-corrected chi connectivity index (χ3v) is 10.4. The van der Waals surface area contributed by atoms with Crippen molar-refractivity contribution in [3.8, 4) is 22.3 Å². The number of hydrogen-bond donors (Lipinski definition) is 2. The number of Topliss-reactive ketones (excluding diaryl/α,β-unsaturated/α-hetero) is 1. The molecule has 0 saturated heterocycles. The molecule has 6 aromatic rings. The van der Waals surface area contributed by atoms with Crippen LogP contribution in [0.1, 0.15) is 76.3 Å². The van der Waals surface area contributed by atoms with E-state index in [0.717, 1.165) is 76.5 Å². The molecule has 0 radical (unpaired) electrons. The van der Waals surface area contributed by atoms with Crippen LogP contribution in [0.2, 0.25) is 0 Å². The number of aromatic carboxylic acids is 1. The number of ketones is 1. The smallest absolute Gasteiger partial charge is 0.335 e. The number of carbonyl (C=O) groups is 4. The Morgan fingerprint density at radius 1 is 0.593 bits per heavy atom. The summed E-state index contributed by atoms with van der Waals surface area (Å²) in [5.74, 6) is -0.471. The number of carboxylic acids is 1. The highest BCUT2D eigenvalue weighted by Gasteiger charge is 2.25. The van der Waals surface area contributed by atoms with E-state index in [-0.39, 0.29) is 23.2 Å². The van der Waals surface area contributed by atoms with Crippen molar-refractivity contribution in [3.63, 3.8) is 0 Å². The van der Waals surface area contributed by atoms with Crippen LogP contribution < -0.4 is 15.5 Å². The lowest BCUT2D eigenvalue weighted by molar-refractivity contribution is -0.119. The van der Waals surface area contributed by atoms with Gasteiger partial charge < -0.3 is 20.6 Å². The Hall–Kier alpha value is -6.78. The van der Waals surface area contributed by atoms with Gasteiger partial charge in [0, 0.05) is 73.9 Å². The number of fused-ring (bicyclic) bond motifs is 2. The van der Waals surface area contributed by atoms with Crippen molar-refractivity contribution < 1.29 is 24.3 Å². The van der Waals surface area contributed by atoms with Gasteiger partial charge in [-0.25, -0.2) is 4.79 Å². The highest BCUT2D eigenvalue weighted by atomic mass is 16.4. The lowest BCUT2D eigenvalue weighted by Gasteiger charge is -2.16. The minimum atomic E-state index is -0.922. The minimum absolute atomic E-state index is 0.130. The average Bonchev–Trinajstić information content (AvgIpc) is 3.93. The molecule has 59 heavy (non-hydrogen) atoms. The van der Waals surface area contributed by atoms with Crippen LogP contribution in [0.15, 0.2) is 134 Å². The Balaban J connectivity index is 0.000000171. The largest absolute Gasteiger partial charge is 0.478 e. The summed E-state index contributed by atoms with van der Waals surface area (Å²) in [5.41, 5.74) is 16.8. The van der Waals surface area contributed by atoms with E-state index >= 15 is 0 Å². The van der Waals surface area contributed by atoms with Gasteiger partial charge in [-0.15, -0.1) is 0 Å². The third kappa shape index (κ3) is 10.6. The molecule has 0 spiro atoms. The molecule has 0 aliphatic carbocycles. The van der Waals surface area contributed by atoms with Crippen molar-refractivity contribution in [2.24, 2.45) is 5.73 Å². The highest BCUT2D eigenvalue weighted by molar-refractivity contribution is 5.98. The number of carboxylic acid groups (broad SMARTS) is 1. The normalized spacial score (nSPS) is 12.3. The first-order chi connectivity index (χ1) is 28.7. The first kappa shape index (κ1) is 41.8. The topological polar surface area (TPSA) is 147 Å². The second-order valence-corrected chi connectivity index (χ2v) is 14.2. The number of pyridine rings is 2. The molecular weight excluding hydrogens is 739 g/mol. The molecule has 4 aromatic carbocycles. The van der Waals surface area contributed by atoms with Gasteiger partial charge in [0.15, 0.2) is 5.78 Å². The van der Waals surface area contributed by atoms with E-state index in [1.807, 2.05) is 115 Å². The van der Waals surface area contributed by atoms with E-state index in [1.165, 1.54) is 11.1 Å². The predicted molar refractivity (Wildman–Crippen MR) is 232 cm³/mol. The monoisotopic (exact) mass is 787 g/mol. The number of anilines is 2. The minimum Gasteiger partial charge on any atom is -0.478 e. The maximum Gasteiger partial charge on any atom is 0.335 e. The number of nitrogens with two attached hydrogens (primary N) is 1. The number of aryl methyl sites for hydroxylation is 1. The zero-order valence-electron chi connectivity index (χ0n) is 33.5. The summed E-state index contributed by atoms with van der Waals surface area (Å²) in [6.45, 7) is 5.80. The Bertz CT molecular complexity index is 2380. The lowest BCUT2D eigenvalue weighted by atomic mass is 9.98. The van der Waals surface area contributed by atoms with Gasteiger partial charge in [0.1, 0.15) is 0 Å². The van der Waals surface area contributed by atoms with Gasteiger partial charge in [0.2, 0.25) is 11.8 Å². The van der Waals surface area contributed by atoms with E-state index in [4.69, 9.17) is 10.8 Å². The highest BCUT2D eigenvalue weighted by Crippen LogP contribution is 2.34. The summed E-state index contributed by atoms with van der Waals surface area (Å²) >= 11 is 0. The van der Waals surface area contributed by atoms with Crippen molar-refractivity contribution in [1.82, 2.24) is 9.97 Å². The first-order valence-corrected chi connectivity index (χ1v) is 20.0. The van der Waals surface area contributed by atoms with Gasteiger partial charge >= 0.3 is 5.97 Å². The Morgan fingerprint density at radius 3 is 1.46 bits per heavy atom. The molecule has 2 aliphatic rings. The molecule has 2 aliphatic heterocycles. The predicted octanol–water partition coefficient (Wildman–Crippen LogP) is 8.75. The van der Waals surface area contributed by atoms with Crippen LogP contribution >= 0.6 is 0 Å². The molecule has 8 rings (SSSR count). The fourth-order valence-corrected chi connectivity index (χ4v) is 7.17. The number of amides is 2. The molecule has 0 atom stereocenters. The first-order valence-electron chi connectivity index (χ1n) is 20.0. The van der Waals surface area contributed by atoms with Crippen LogP contribution in [0.4, 0.5) is 11.4 Å². The zero-order chi connectivity index (χ0) is 41.7. The van der Waals surface area contributed by atoms with Crippen LogP contribution in [0.3, 0.4) is 0 Å². The standard InChI is InChI=1S/C25H24N2O2.C18H17NO3.C6H8N2/c1-2-25(29)27-16-14-21-17-20(10-12-23(21)27)18-6-8-19(9-7-18)24(28)13-11-22-5-3-4-15-26-22;1-2-17(20)19-10-9-15-11-14(7-8-16(15)19)12-3-5-13(6-4-12)18(21)22;7-5-6-3-1-2-4-8-6/h3-10,12,15,17H,2,11,13-14,16H2,1H3;3-8,11H,2,9-10H2,1H3,(H,21,22);1-4H,5,7H2. The second kappa shape index (κ2) is 20.1. The molecule has 10 nitrogen and oxygen atoms in total. The maximum atomic E-state index is 12.5. The van der Waals surface area contributed by atoms with Gasteiger partial charge in [-0.05, 0) is 113 Å². The molecule has 0 saturated carbocycles. The summed E-state index contributed by atoms with van der Waals surface area (Å²) < 4.78 is 0. The van der Waals surface area contributed by atoms with E-state index in [2.05, 4.69) is 28.2 Å². The quantitative estimate of drug-likeness (QED) is 0.131. The fourth-order valence-electron chi connectivity index (χ4n) is 7.17. The molecule has 0 fully saturated rings. The summed E-state index contributed by atoms with van der Waals surface area (Å²) in [7, 11) is 0. The van der Waals surface area contributed by atoms with Crippen molar-refractivity contribution in [1.29, 1.82) is 0 Å². The van der Waals surface area contributed by atoms with Gasteiger partial charge in [-0.3, -0.25) is 24.4 Å². The number of nitrogens with zero attached hydrogens (tertiary/aromatic N) is 4. The van der Waals surface area contributed by atoms with Crippen LogP contribution in [0.5, 0.6) is 0 Å². The zero-order valence-corrected chi connectivity index (χ0v) is 33.5. The lowest BCUT2D eigenvalue weighted by Crippen LogP contribution is -2.27. The van der Waals surface area contributed by atoms with Gasteiger partial charge in [0.05, 0.1) is 11.3 Å². The molecule has 3 N–H and O–H groups in total. The van der Waals surface area contributed by atoms with Gasteiger partial charge in [-0.1, -0.05) is 74.5 Å². The Kier molecular flexibility index (Phi) is 14.2. The molecule has 2 amide bonds. The van der Waals surface area contributed by atoms with Gasteiger partial charge in [-0.2, -0.15) is 0 Å². The van der Waals surface area contributed by atoms with E-state index in [1.54, 1.807) is 24.5 Å². The van der Waals surface area contributed by atoms with Crippen LogP contribution in [0, 0.1) is 0 Å². The van der Waals surface area contributed by atoms with Crippen LogP contribution in [0.25, 0.3) is 22.3 Å². The molecule has 4 heterocycles. The number of aromatic nitrogens is 2. The van der Waals surface area contributed by atoms with E-state index in [0.29, 0.717) is 32.2 Å². The third-order valence-electron chi connectivity index (χ3n) is 10.4. The van der Waals surface area contributed by atoms with Crippen molar-refractivity contribution in [3.05, 3.63) is 167 Å². The molecule has 300 valence electrons.